The fourth-order valence-corrected chi connectivity index (χ4v) is 1.63. The highest BCUT2D eigenvalue weighted by Gasteiger charge is 2.13. The summed E-state index contributed by atoms with van der Waals surface area (Å²) in [6.45, 7) is 4.01. The van der Waals surface area contributed by atoms with Crippen molar-refractivity contribution in [2.45, 2.75) is 32.8 Å². The van der Waals surface area contributed by atoms with Crippen LogP contribution in [0, 0.1) is 5.92 Å². The van der Waals surface area contributed by atoms with E-state index in [2.05, 4.69) is 6.92 Å². The lowest BCUT2D eigenvalue weighted by atomic mass is 10.0. The van der Waals surface area contributed by atoms with Crippen LogP contribution in [0.1, 0.15) is 26.7 Å². The van der Waals surface area contributed by atoms with Crippen molar-refractivity contribution in [1.82, 2.24) is 0 Å². The van der Waals surface area contributed by atoms with Crippen molar-refractivity contribution < 1.29 is 9.22 Å². The van der Waals surface area contributed by atoms with Crippen molar-refractivity contribution >= 4 is 16.8 Å². The third kappa shape index (κ3) is 3.13. The zero-order valence-corrected chi connectivity index (χ0v) is 8.96. The molecule has 0 amide bonds. The average molecular weight is 160 g/mol. The Morgan fingerprint density at radius 2 is 2.30 bits per heavy atom. The van der Waals surface area contributed by atoms with E-state index in [1.54, 1.807) is 0 Å². The molecule has 3 heteroatoms. The summed E-state index contributed by atoms with van der Waals surface area (Å²) in [6, 6.07) is 0. The molecule has 0 aliphatic heterocycles. The van der Waals surface area contributed by atoms with E-state index in [0.717, 1.165) is 29.6 Å². The smallest absolute Gasteiger partial charge is 0.146 e. The molecule has 2 atom stereocenters. The van der Waals surface area contributed by atoms with E-state index in [0.29, 0.717) is 0 Å². The van der Waals surface area contributed by atoms with Gasteiger partial charge in [-0.1, -0.05) is 20.3 Å². The van der Waals surface area contributed by atoms with Crippen LogP contribution in [0.3, 0.4) is 0 Å². The zero-order valence-electron chi connectivity index (χ0n) is 6.96. The maximum Gasteiger partial charge on any atom is 0.146 e. The molecule has 2 nitrogen and oxygen atoms in total. The SMILES string of the molecule is CCC[C@@H](O[SiH3])[C@H](C)C=O. The molecular formula is C7H16O2Si. The first kappa shape index (κ1) is 9.85. The molecule has 0 aliphatic carbocycles. The Bertz CT molecular complexity index is 95.6. The van der Waals surface area contributed by atoms with Crippen molar-refractivity contribution in [1.29, 1.82) is 0 Å². The van der Waals surface area contributed by atoms with Gasteiger partial charge in [-0.15, -0.1) is 0 Å². The summed E-state index contributed by atoms with van der Waals surface area (Å²) in [7, 11) is 0.730. The Morgan fingerprint density at radius 3 is 2.60 bits per heavy atom. The zero-order chi connectivity index (χ0) is 7.98. The van der Waals surface area contributed by atoms with Crippen LogP contribution in [-0.4, -0.2) is 22.9 Å². The van der Waals surface area contributed by atoms with Gasteiger partial charge in [-0.25, -0.2) is 0 Å². The summed E-state index contributed by atoms with van der Waals surface area (Å²) < 4.78 is 5.25. The third-order valence-corrected chi connectivity index (χ3v) is 2.28. The molecule has 0 bridgehead atoms. The Balaban J connectivity index is 3.67. The molecule has 0 radical (unpaired) electrons. The van der Waals surface area contributed by atoms with Gasteiger partial charge >= 0.3 is 0 Å². The van der Waals surface area contributed by atoms with Crippen LogP contribution < -0.4 is 0 Å². The van der Waals surface area contributed by atoms with E-state index >= 15 is 0 Å². The topological polar surface area (TPSA) is 26.3 Å². The standard InChI is InChI=1S/C7H16O2Si/c1-3-4-7(9-10)6(2)5-8/h5-7H,3-4H2,1-2,10H3/t6-,7-/m1/s1. The quantitative estimate of drug-likeness (QED) is 0.427. The molecule has 0 unspecified atom stereocenters. The number of carbonyl (C=O) groups is 1. The Morgan fingerprint density at radius 1 is 1.70 bits per heavy atom. The Hall–Kier alpha value is -0.153. The lowest BCUT2D eigenvalue weighted by Gasteiger charge is -2.17. The van der Waals surface area contributed by atoms with E-state index in [1.165, 1.54) is 0 Å². The molecule has 10 heavy (non-hydrogen) atoms. The highest BCUT2D eigenvalue weighted by atomic mass is 28.2. The van der Waals surface area contributed by atoms with Gasteiger partial charge in [0.05, 0.1) is 6.10 Å². The number of hydrogen-bond acceptors (Lipinski definition) is 2. The average Bonchev–Trinajstić information content (AvgIpc) is 1.99. The van der Waals surface area contributed by atoms with Gasteiger partial charge in [0.2, 0.25) is 0 Å². The van der Waals surface area contributed by atoms with Crippen LogP contribution in [0.25, 0.3) is 0 Å². The second-order valence-corrected chi connectivity index (χ2v) is 3.03. The number of rotatable bonds is 5. The minimum Gasteiger partial charge on any atom is -0.424 e. The Kier molecular flexibility index (Phi) is 5.53. The molecule has 0 heterocycles. The first-order chi connectivity index (χ1) is 4.76. The van der Waals surface area contributed by atoms with Gasteiger partial charge in [0.1, 0.15) is 16.8 Å². The lowest BCUT2D eigenvalue weighted by Crippen LogP contribution is -2.21. The second kappa shape index (κ2) is 5.62. The van der Waals surface area contributed by atoms with Crippen LogP contribution in [0.15, 0.2) is 0 Å². The fraction of sp³-hybridized carbons (Fsp3) is 0.857. The van der Waals surface area contributed by atoms with E-state index in [4.69, 9.17) is 4.43 Å². The van der Waals surface area contributed by atoms with Gasteiger partial charge in [0.15, 0.2) is 0 Å². The lowest BCUT2D eigenvalue weighted by molar-refractivity contribution is -0.113. The molecule has 0 fully saturated rings. The molecule has 0 spiro atoms. The minimum absolute atomic E-state index is 0.0671. The van der Waals surface area contributed by atoms with E-state index in [-0.39, 0.29) is 12.0 Å². The number of aldehydes is 1. The first-order valence-corrected chi connectivity index (χ1v) is 4.56. The van der Waals surface area contributed by atoms with Crippen molar-refractivity contribution in [2.75, 3.05) is 0 Å². The van der Waals surface area contributed by atoms with E-state index < -0.39 is 0 Å². The van der Waals surface area contributed by atoms with Crippen molar-refractivity contribution in [2.24, 2.45) is 5.92 Å². The third-order valence-electron chi connectivity index (χ3n) is 1.68. The molecule has 0 aliphatic rings. The summed E-state index contributed by atoms with van der Waals surface area (Å²) in [5, 5.41) is 0. The fourth-order valence-electron chi connectivity index (χ4n) is 0.968. The molecular weight excluding hydrogens is 144 g/mol. The highest BCUT2D eigenvalue weighted by Crippen LogP contribution is 2.09. The predicted molar refractivity (Wildman–Crippen MR) is 44.9 cm³/mol. The molecule has 0 aromatic carbocycles. The summed E-state index contributed by atoms with van der Waals surface area (Å²) in [5.74, 6) is 0.0671. The van der Waals surface area contributed by atoms with Crippen LogP contribution >= 0.6 is 0 Å². The number of carbonyl (C=O) groups excluding carboxylic acids is 1. The van der Waals surface area contributed by atoms with Gasteiger partial charge < -0.3 is 9.22 Å². The highest BCUT2D eigenvalue weighted by molar-refractivity contribution is 5.98. The monoisotopic (exact) mass is 160 g/mol. The normalized spacial score (nSPS) is 16.6. The van der Waals surface area contributed by atoms with Gasteiger partial charge in [-0.3, -0.25) is 0 Å². The molecule has 0 N–H and O–H groups in total. The summed E-state index contributed by atoms with van der Waals surface area (Å²) in [5.41, 5.74) is 0. The Labute approximate surface area is 65.5 Å². The van der Waals surface area contributed by atoms with E-state index in [9.17, 15) is 4.79 Å². The van der Waals surface area contributed by atoms with E-state index in [1.807, 2.05) is 6.92 Å². The summed E-state index contributed by atoms with van der Waals surface area (Å²) in [4.78, 5) is 10.3. The van der Waals surface area contributed by atoms with Crippen LogP contribution in [0.5, 0.6) is 0 Å². The van der Waals surface area contributed by atoms with Gasteiger partial charge in [-0.05, 0) is 6.42 Å². The van der Waals surface area contributed by atoms with Crippen LogP contribution in [0.4, 0.5) is 0 Å². The summed E-state index contributed by atoms with van der Waals surface area (Å²) in [6.07, 6.45) is 3.24. The van der Waals surface area contributed by atoms with Crippen LogP contribution in [-0.2, 0) is 9.22 Å². The summed E-state index contributed by atoms with van der Waals surface area (Å²) >= 11 is 0. The van der Waals surface area contributed by atoms with Gasteiger partial charge in [-0.2, -0.15) is 0 Å². The van der Waals surface area contributed by atoms with Gasteiger partial charge in [0.25, 0.3) is 0 Å². The molecule has 0 aromatic rings. The minimum atomic E-state index is 0.0671. The van der Waals surface area contributed by atoms with Crippen molar-refractivity contribution in [3.05, 3.63) is 0 Å². The predicted octanol–water partition coefficient (Wildman–Crippen LogP) is 0.287. The first-order valence-electron chi connectivity index (χ1n) is 3.74. The maximum atomic E-state index is 10.3. The molecule has 0 saturated heterocycles. The molecule has 0 saturated carbocycles. The number of hydrogen-bond donors (Lipinski definition) is 0. The maximum absolute atomic E-state index is 10.3. The van der Waals surface area contributed by atoms with Gasteiger partial charge in [0, 0.05) is 5.92 Å². The van der Waals surface area contributed by atoms with Crippen molar-refractivity contribution in [3.63, 3.8) is 0 Å². The van der Waals surface area contributed by atoms with Crippen molar-refractivity contribution in [3.8, 4) is 0 Å². The second-order valence-electron chi connectivity index (χ2n) is 2.56. The largest absolute Gasteiger partial charge is 0.424 e. The molecule has 0 rings (SSSR count). The molecule has 0 aromatic heterocycles. The van der Waals surface area contributed by atoms with Crippen LogP contribution in [0.2, 0.25) is 0 Å². The molecule has 60 valence electrons.